The zero-order valence-corrected chi connectivity index (χ0v) is 13.9. The lowest BCUT2D eigenvalue weighted by Gasteiger charge is -2.33. The number of piperazine rings is 1. The summed E-state index contributed by atoms with van der Waals surface area (Å²) in [6.45, 7) is 4.12. The second kappa shape index (κ2) is 7.43. The number of rotatable bonds is 4. The third kappa shape index (κ3) is 4.42. The monoisotopic (exact) mass is 346 g/mol. The maximum atomic E-state index is 13.1. The number of hydrogen-bond acceptors (Lipinski definition) is 5. The number of nitrogens with one attached hydrogen (secondary N) is 1. The lowest BCUT2D eigenvalue weighted by Crippen LogP contribution is -2.50. The van der Waals surface area contributed by atoms with Gasteiger partial charge in [-0.3, -0.25) is 14.5 Å². The Morgan fingerprint density at radius 3 is 2.64 bits per heavy atom. The van der Waals surface area contributed by atoms with Crippen LogP contribution in [-0.2, 0) is 4.79 Å². The summed E-state index contributed by atoms with van der Waals surface area (Å²) in [6.07, 6.45) is 0. The molecule has 25 heavy (non-hydrogen) atoms. The molecule has 0 unspecified atom stereocenters. The van der Waals surface area contributed by atoms with Crippen molar-refractivity contribution in [1.29, 1.82) is 0 Å². The van der Waals surface area contributed by atoms with E-state index >= 15 is 0 Å². The van der Waals surface area contributed by atoms with Crippen LogP contribution in [0.4, 0.5) is 10.1 Å². The highest BCUT2D eigenvalue weighted by Gasteiger charge is 2.25. The second-order valence-electron chi connectivity index (χ2n) is 5.96. The van der Waals surface area contributed by atoms with Crippen molar-refractivity contribution in [3.63, 3.8) is 0 Å². The predicted octanol–water partition coefficient (Wildman–Crippen LogP) is 1.52. The summed E-state index contributed by atoms with van der Waals surface area (Å²) in [5.41, 5.74) is 1.09. The molecule has 0 bridgehead atoms. The molecule has 1 aromatic carbocycles. The van der Waals surface area contributed by atoms with Gasteiger partial charge in [-0.2, -0.15) is 0 Å². The first kappa shape index (κ1) is 17.1. The first-order valence-corrected chi connectivity index (χ1v) is 8.01. The van der Waals surface area contributed by atoms with Crippen LogP contribution in [0.15, 0.2) is 34.9 Å². The highest BCUT2D eigenvalue weighted by molar-refractivity contribution is 5.92. The van der Waals surface area contributed by atoms with Gasteiger partial charge in [-0.25, -0.2) is 4.39 Å². The van der Waals surface area contributed by atoms with Gasteiger partial charge in [0.2, 0.25) is 11.7 Å². The Morgan fingerprint density at radius 2 is 2.00 bits per heavy atom. The highest BCUT2D eigenvalue weighted by atomic mass is 19.1. The molecule has 2 aromatic rings. The van der Waals surface area contributed by atoms with Crippen LogP contribution in [0, 0.1) is 12.7 Å². The summed E-state index contributed by atoms with van der Waals surface area (Å²) < 4.78 is 18.1. The average Bonchev–Trinajstić information content (AvgIpc) is 3.01. The van der Waals surface area contributed by atoms with E-state index in [0.717, 1.165) is 0 Å². The smallest absolute Gasteiger partial charge is 0.292 e. The van der Waals surface area contributed by atoms with Gasteiger partial charge in [0, 0.05) is 37.9 Å². The van der Waals surface area contributed by atoms with Crippen LogP contribution in [-0.4, -0.2) is 59.5 Å². The van der Waals surface area contributed by atoms with Crippen molar-refractivity contribution in [2.75, 3.05) is 38.0 Å². The lowest BCUT2D eigenvalue weighted by molar-refractivity contribution is -0.117. The number of carbonyl (C=O) groups is 2. The third-order valence-electron chi connectivity index (χ3n) is 3.97. The molecule has 7 nitrogen and oxygen atoms in total. The van der Waals surface area contributed by atoms with E-state index in [4.69, 9.17) is 4.52 Å². The van der Waals surface area contributed by atoms with Gasteiger partial charge in [0.1, 0.15) is 5.82 Å². The Kier molecular flexibility index (Phi) is 5.08. The standard InChI is InChI=1S/C17H19FN4O3/c1-12-9-15(25-20-12)17(24)22-7-5-21(6-8-22)11-16(23)19-14-4-2-3-13(18)10-14/h2-4,9-10H,5-8,11H2,1H3,(H,19,23). The molecule has 0 radical (unpaired) electrons. The second-order valence-corrected chi connectivity index (χ2v) is 5.96. The van der Waals surface area contributed by atoms with Crippen molar-refractivity contribution in [2.24, 2.45) is 0 Å². The summed E-state index contributed by atoms with van der Waals surface area (Å²) in [5.74, 6) is -0.567. The Hall–Kier alpha value is -2.74. The number of amides is 2. The van der Waals surface area contributed by atoms with Gasteiger partial charge in [-0.1, -0.05) is 11.2 Å². The Labute approximate surface area is 144 Å². The van der Waals surface area contributed by atoms with E-state index in [0.29, 0.717) is 37.6 Å². The summed E-state index contributed by atoms with van der Waals surface area (Å²) in [4.78, 5) is 28.0. The van der Waals surface area contributed by atoms with Gasteiger partial charge in [-0.15, -0.1) is 0 Å². The molecule has 3 rings (SSSR count). The van der Waals surface area contributed by atoms with Crippen LogP contribution >= 0.6 is 0 Å². The molecule has 1 N–H and O–H groups in total. The molecule has 0 atom stereocenters. The van der Waals surface area contributed by atoms with Crippen LogP contribution < -0.4 is 5.32 Å². The highest BCUT2D eigenvalue weighted by Crippen LogP contribution is 2.11. The van der Waals surface area contributed by atoms with Crippen LogP contribution in [0.3, 0.4) is 0 Å². The molecule has 132 valence electrons. The Morgan fingerprint density at radius 1 is 1.24 bits per heavy atom. The first-order valence-electron chi connectivity index (χ1n) is 8.01. The molecule has 0 aliphatic carbocycles. The fourth-order valence-electron chi connectivity index (χ4n) is 2.70. The zero-order chi connectivity index (χ0) is 17.8. The van der Waals surface area contributed by atoms with Crippen molar-refractivity contribution in [2.45, 2.75) is 6.92 Å². The predicted molar refractivity (Wildman–Crippen MR) is 88.6 cm³/mol. The van der Waals surface area contributed by atoms with Crippen LogP contribution in [0.25, 0.3) is 0 Å². The first-order chi connectivity index (χ1) is 12.0. The molecule has 2 amide bonds. The van der Waals surface area contributed by atoms with Gasteiger partial charge >= 0.3 is 0 Å². The minimum atomic E-state index is -0.396. The summed E-state index contributed by atoms with van der Waals surface area (Å²) in [7, 11) is 0. The SMILES string of the molecule is Cc1cc(C(=O)N2CCN(CC(=O)Nc3cccc(F)c3)CC2)on1. The number of nitrogens with zero attached hydrogens (tertiary/aromatic N) is 3. The molecule has 0 saturated carbocycles. The van der Waals surface area contributed by atoms with E-state index < -0.39 is 5.82 Å². The number of carbonyl (C=O) groups excluding carboxylic acids is 2. The van der Waals surface area contributed by atoms with Crippen molar-refractivity contribution in [3.05, 3.63) is 47.6 Å². The maximum absolute atomic E-state index is 13.1. The van der Waals surface area contributed by atoms with Crippen molar-refractivity contribution >= 4 is 17.5 Å². The number of benzene rings is 1. The summed E-state index contributed by atoms with van der Waals surface area (Å²) in [6, 6.07) is 7.38. The van der Waals surface area contributed by atoms with Gasteiger partial charge in [0.05, 0.1) is 12.2 Å². The van der Waals surface area contributed by atoms with Gasteiger partial charge < -0.3 is 14.7 Å². The Balaban J connectivity index is 1.47. The maximum Gasteiger partial charge on any atom is 0.292 e. The van der Waals surface area contributed by atoms with Crippen LogP contribution in [0.5, 0.6) is 0 Å². The van der Waals surface area contributed by atoms with Crippen LogP contribution in [0.1, 0.15) is 16.2 Å². The molecule has 1 aromatic heterocycles. The minimum absolute atomic E-state index is 0.190. The summed E-state index contributed by atoms with van der Waals surface area (Å²) >= 11 is 0. The van der Waals surface area contributed by atoms with Crippen LogP contribution in [0.2, 0.25) is 0 Å². The van der Waals surface area contributed by atoms with Gasteiger partial charge in [0.15, 0.2) is 0 Å². The largest absolute Gasteiger partial charge is 0.351 e. The molecule has 2 heterocycles. The Bertz CT molecular complexity index is 769. The number of anilines is 1. The fraction of sp³-hybridized carbons (Fsp3) is 0.353. The zero-order valence-electron chi connectivity index (χ0n) is 13.9. The topological polar surface area (TPSA) is 78.7 Å². The van der Waals surface area contributed by atoms with E-state index in [-0.39, 0.29) is 24.1 Å². The van der Waals surface area contributed by atoms with Gasteiger partial charge in [-0.05, 0) is 25.1 Å². The molecule has 1 fully saturated rings. The number of hydrogen-bond donors (Lipinski definition) is 1. The normalized spacial score (nSPS) is 15.2. The van der Waals surface area contributed by atoms with Gasteiger partial charge in [0.25, 0.3) is 5.91 Å². The summed E-state index contributed by atoms with van der Waals surface area (Å²) in [5, 5.41) is 6.39. The third-order valence-corrected chi connectivity index (χ3v) is 3.97. The minimum Gasteiger partial charge on any atom is -0.351 e. The van der Waals surface area contributed by atoms with E-state index in [9.17, 15) is 14.0 Å². The van der Waals surface area contributed by atoms with E-state index in [1.807, 2.05) is 4.90 Å². The molecule has 1 aliphatic rings. The van der Waals surface area contributed by atoms with Crippen molar-refractivity contribution < 1.29 is 18.5 Å². The molecule has 1 saturated heterocycles. The quantitative estimate of drug-likeness (QED) is 0.908. The number of aryl methyl sites for hydroxylation is 1. The van der Waals surface area contributed by atoms with E-state index in [1.165, 1.54) is 12.1 Å². The van der Waals surface area contributed by atoms with E-state index in [1.54, 1.807) is 30.0 Å². The molecule has 0 spiro atoms. The fourth-order valence-corrected chi connectivity index (χ4v) is 2.70. The van der Waals surface area contributed by atoms with E-state index in [2.05, 4.69) is 10.5 Å². The molecular weight excluding hydrogens is 327 g/mol. The average molecular weight is 346 g/mol. The molecular formula is C17H19FN4O3. The molecule has 1 aliphatic heterocycles. The molecule has 8 heteroatoms. The lowest BCUT2D eigenvalue weighted by atomic mass is 10.2. The van der Waals surface area contributed by atoms with Crippen molar-refractivity contribution in [1.82, 2.24) is 15.0 Å². The van der Waals surface area contributed by atoms with Crippen molar-refractivity contribution in [3.8, 4) is 0 Å². The number of aromatic nitrogens is 1. The number of halogens is 1.